The van der Waals surface area contributed by atoms with Crippen LogP contribution in [0.4, 0.5) is 0 Å². The maximum absolute atomic E-state index is 12.8. The number of methoxy groups -OCH3 is 1. The minimum Gasteiger partial charge on any atom is -0.495 e. The van der Waals surface area contributed by atoms with E-state index >= 15 is 0 Å². The van der Waals surface area contributed by atoms with Gasteiger partial charge in [-0.2, -0.15) is 4.31 Å². The van der Waals surface area contributed by atoms with Crippen molar-refractivity contribution in [2.24, 2.45) is 5.92 Å². The largest absolute Gasteiger partial charge is 0.495 e. The van der Waals surface area contributed by atoms with Crippen molar-refractivity contribution in [1.29, 1.82) is 0 Å². The molecule has 1 heterocycles. The number of rotatable bonds is 6. The molecule has 1 fully saturated rings. The molecule has 136 valence electrons. The minimum absolute atomic E-state index is 0.0744. The van der Waals surface area contributed by atoms with Gasteiger partial charge in [-0.05, 0) is 30.9 Å². The van der Waals surface area contributed by atoms with E-state index in [1.807, 2.05) is 13.8 Å². The number of para-hydroxylation sites is 1. The highest BCUT2D eigenvalue weighted by Gasteiger charge is 2.36. The fraction of sp³-hybridized carbons (Fsp3) is 0.625. The van der Waals surface area contributed by atoms with Crippen molar-refractivity contribution in [3.05, 3.63) is 24.3 Å². The molecule has 24 heavy (non-hydrogen) atoms. The summed E-state index contributed by atoms with van der Waals surface area (Å²) in [5.41, 5.74) is 0. The number of hydrogen-bond acceptors (Lipinski definition) is 5. The van der Waals surface area contributed by atoms with E-state index < -0.39 is 25.1 Å². The molecular formula is C16H25NO5S2. The van der Waals surface area contributed by atoms with Crippen molar-refractivity contribution in [1.82, 2.24) is 4.31 Å². The van der Waals surface area contributed by atoms with Crippen LogP contribution in [0.25, 0.3) is 0 Å². The van der Waals surface area contributed by atoms with Gasteiger partial charge in [0.05, 0.1) is 18.1 Å². The van der Waals surface area contributed by atoms with Crippen molar-refractivity contribution in [2.45, 2.75) is 36.8 Å². The van der Waals surface area contributed by atoms with E-state index in [0.717, 1.165) is 0 Å². The van der Waals surface area contributed by atoms with Crippen LogP contribution in [0.2, 0.25) is 0 Å². The van der Waals surface area contributed by atoms with E-state index in [-0.39, 0.29) is 29.7 Å². The van der Waals surface area contributed by atoms with Crippen LogP contribution in [0.3, 0.4) is 0 Å². The van der Waals surface area contributed by atoms with Crippen molar-refractivity contribution in [3.8, 4) is 5.75 Å². The van der Waals surface area contributed by atoms with Gasteiger partial charge >= 0.3 is 0 Å². The molecule has 0 aromatic heterocycles. The predicted molar refractivity (Wildman–Crippen MR) is 93.4 cm³/mol. The molecule has 0 saturated carbocycles. The highest BCUT2D eigenvalue weighted by molar-refractivity contribution is 7.92. The van der Waals surface area contributed by atoms with Gasteiger partial charge in [0.25, 0.3) is 0 Å². The molecule has 0 spiro atoms. The lowest BCUT2D eigenvalue weighted by Crippen LogP contribution is -2.43. The quantitative estimate of drug-likeness (QED) is 0.759. The SMILES string of the molecule is COc1ccccc1S(=O)(=O)N1CCC(S(=O)(=O)CC(C)C)CC1. The fourth-order valence-corrected chi connectivity index (χ4v) is 6.76. The number of ether oxygens (including phenoxy) is 1. The summed E-state index contributed by atoms with van der Waals surface area (Å²) in [5, 5.41) is -0.455. The Balaban J connectivity index is 2.14. The molecule has 8 heteroatoms. The predicted octanol–water partition coefficient (Wildman–Crippen LogP) is 1.92. The van der Waals surface area contributed by atoms with Crippen molar-refractivity contribution >= 4 is 19.9 Å². The first-order valence-corrected chi connectivity index (χ1v) is 11.2. The van der Waals surface area contributed by atoms with Gasteiger partial charge in [-0.1, -0.05) is 26.0 Å². The Morgan fingerprint density at radius 3 is 2.25 bits per heavy atom. The zero-order chi connectivity index (χ0) is 18.0. The zero-order valence-corrected chi connectivity index (χ0v) is 15.9. The van der Waals surface area contributed by atoms with E-state index in [1.165, 1.54) is 17.5 Å². The average molecular weight is 376 g/mol. The van der Waals surface area contributed by atoms with E-state index in [2.05, 4.69) is 0 Å². The van der Waals surface area contributed by atoms with Gasteiger partial charge in [0.15, 0.2) is 9.84 Å². The lowest BCUT2D eigenvalue weighted by molar-refractivity contribution is 0.341. The standard InChI is InChI=1S/C16H25NO5S2/c1-13(2)12-23(18,19)14-8-10-17(11-9-14)24(20,21)16-7-5-4-6-15(16)22-3/h4-7,13-14H,8-12H2,1-3H3. The Morgan fingerprint density at radius 1 is 1.12 bits per heavy atom. The lowest BCUT2D eigenvalue weighted by Gasteiger charge is -2.31. The summed E-state index contributed by atoms with van der Waals surface area (Å²) in [6, 6.07) is 6.47. The monoisotopic (exact) mass is 375 g/mol. The first-order chi connectivity index (χ1) is 11.2. The first-order valence-electron chi connectivity index (χ1n) is 8.03. The van der Waals surface area contributed by atoms with Crippen LogP contribution in [0, 0.1) is 5.92 Å². The molecule has 0 unspecified atom stereocenters. The molecule has 0 atom stereocenters. The second-order valence-corrected chi connectivity index (χ2v) is 10.7. The molecule has 1 saturated heterocycles. The maximum atomic E-state index is 12.8. The normalized spacial score (nSPS) is 18.0. The number of sulfone groups is 1. The van der Waals surface area contributed by atoms with Gasteiger partial charge < -0.3 is 4.74 Å². The topological polar surface area (TPSA) is 80.8 Å². The van der Waals surface area contributed by atoms with Crippen LogP contribution >= 0.6 is 0 Å². The molecule has 0 radical (unpaired) electrons. The third-order valence-electron chi connectivity index (χ3n) is 4.16. The zero-order valence-electron chi connectivity index (χ0n) is 14.3. The number of sulfonamides is 1. The third-order valence-corrected chi connectivity index (χ3v) is 8.72. The molecule has 1 aromatic rings. The van der Waals surface area contributed by atoms with Gasteiger partial charge in [-0.25, -0.2) is 16.8 Å². The first kappa shape index (κ1) is 19.2. The fourth-order valence-electron chi connectivity index (χ4n) is 3.00. The minimum atomic E-state index is -3.68. The summed E-state index contributed by atoms with van der Waals surface area (Å²) < 4.78 is 56.8. The maximum Gasteiger partial charge on any atom is 0.246 e. The van der Waals surface area contributed by atoms with Gasteiger partial charge in [-0.15, -0.1) is 0 Å². The number of hydrogen-bond donors (Lipinski definition) is 0. The van der Waals surface area contributed by atoms with Crippen molar-refractivity contribution < 1.29 is 21.6 Å². The molecule has 0 amide bonds. The van der Waals surface area contributed by atoms with Crippen LogP contribution in [-0.2, 0) is 19.9 Å². The van der Waals surface area contributed by atoms with Crippen molar-refractivity contribution in [3.63, 3.8) is 0 Å². The summed E-state index contributed by atoms with van der Waals surface area (Å²) >= 11 is 0. The van der Waals surface area contributed by atoms with Crippen LogP contribution in [0.15, 0.2) is 29.2 Å². The second kappa shape index (κ2) is 7.41. The molecule has 0 aliphatic carbocycles. The third kappa shape index (κ3) is 4.10. The molecule has 1 aromatic carbocycles. The van der Waals surface area contributed by atoms with Crippen molar-refractivity contribution in [2.75, 3.05) is 26.0 Å². The van der Waals surface area contributed by atoms with Gasteiger partial charge in [0, 0.05) is 13.1 Å². The Morgan fingerprint density at radius 2 is 1.71 bits per heavy atom. The summed E-state index contributed by atoms with van der Waals surface area (Å²) in [5.74, 6) is 0.522. The van der Waals surface area contributed by atoms with E-state index in [0.29, 0.717) is 18.6 Å². The van der Waals surface area contributed by atoms with E-state index in [1.54, 1.807) is 18.2 Å². The van der Waals surface area contributed by atoms with Gasteiger partial charge in [-0.3, -0.25) is 0 Å². The molecule has 1 aliphatic heterocycles. The summed E-state index contributed by atoms with van der Waals surface area (Å²) in [7, 11) is -5.43. The van der Waals surface area contributed by atoms with Gasteiger partial charge in [0.2, 0.25) is 10.0 Å². The molecule has 6 nitrogen and oxygen atoms in total. The highest BCUT2D eigenvalue weighted by Crippen LogP contribution is 2.29. The number of nitrogens with zero attached hydrogens (tertiary/aromatic N) is 1. The molecule has 0 bridgehead atoms. The molecular weight excluding hydrogens is 350 g/mol. The van der Waals surface area contributed by atoms with Crippen LogP contribution < -0.4 is 4.74 Å². The Labute approximate surface area is 144 Å². The summed E-state index contributed by atoms with van der Waals surface area (Å²) in [6.45, 7) is 4.17. The highest BCUT2D eigenvalue weighted by atomic mass is 32.2. The van der Waals surface area contributed by atoms with Gasteiger partial charge in [0.1, 0.15) is 10.6 Å². The Kier molecular flexibility index (Phi) is 5.93. The van der Waals surface area contributed by atoms with Crippen LogP contribution in [0.5, 0.6) is 5.75 Å². The van der Waals surface area contributed by atoms with E-state index in [9.17, 15) is 16.8 Å². The molecule has 0 N–H and O–H groups in total. The lowest BCUT2D eigenvalue weighted by atomic mass is 10.2. The number of benzene rings is 1. The Bertz CT molecular complexity index is 763. The summed E-state index contributed by atoms with van der Waals surface area (Å²) in [6.07, 6.45) is 0.673. The van der Waals surface area contributed by atoms with Crippen LogP contribution in [-0.4, -0.2) is 52.3 Å². The molecule has 1 aliphatic rings. The average Bonchev–Trinajstić information content (AvgIpc) is 2.53. The van der Waals surface area contributed by atoms with Crippen LogP contribution in [0.1, 0.15) is 26.7 Å². The molecule has 2 rings (SSSR count). The Hall–Kier alpha value is -1.12. The summed E-state index contributed by atoms with van der Waals surface area (Å²) in [4.78, 5) is 0.121. The second-order valence-electron chi connectivity index (χ2n) is 6.48. The van der Waals surface area contributed by atoms with E-state index in [4.69, 9.17) is 4.74 Å². The number of piperidine rings is 1. The smallest absolute Gasteiger partial charge is 0.246 e.